The van der Waals surface area contributed by atoms with Crippen molar-refractivity contribution >= 4 is 29.2 Å². The number of piperazine rings is 1. The molecule has 37 heavy (non-hydrogen) atoms. The van der Waals surface area contributed by atoms with Crippen LogP contribution in [-0.2, 0) is 20.9 Å². The van der Waals surface area contributed by atoms with E-state index in [1.54, 1.807) is 42.5 Å². The van der Waals surface area contributed by atoms with Crippen LogP contribution in [0.4, 0.5) is 11.4 Å². The van der Waals surface area contributed by atoms with Crippen LogP contribution in [0.25, 0.3) is 0 Å². The number of rotatable bonds is 10. The van der Waals surface area contributed by atoms with E-state index in [9.17, 15) is 19.5 Å². The fraction of sp³-hybridized carbons (Fsp3) is 0.250. The van der Waals surface area contributed by atoms with Crippen molar-refractivity contribution in [2.75, 3.05) is 42.6 Å². The van der Waals surface area contributed by atoms with Crippen LogP contribution in [0.5, 0.6) is 0 Å². The number of carboxylic acid groups (broad SMARTS) is 1. The summed E-state index contributed by atoms with van der Waals surface area (Å²) in [5.41, 5.74) is 2.50. The number of carboxylic acids is 1. The summed E-state index contributed by atoms with van der Waals surface area (Å²) in [5.74, 6) is -2.56. The van der Waals surface area contributed by atoms with Crippen molar-refractivity contribution in [3.63, 3.8) is 0 Å². The number of anilines is 2. The Morgan fingerprint density at radius 1 is 0.919 bits per heavy atom. The third-order valence-corrected chi connectivity index (χ3v) is 6.01. The van der Waals surface area contributed by atoms with Gasteiger partial charge >= 0.3 is 5.97 Å². The van der Waals surface area contributed by atoms with Gasteiger partial charge in [0.15, 0.2) is 0 Å². The number of hydrogen-bond acceptors (Lipinski definition) is 6. The number of carbonyl (C=O) groups excluding carboxylic acids is 2. The molecule has 1 saturated heterocycles. The lowest BCUT2D eigenvalue weighted by Gasteiger charge is -2.30. The molecule has 2 amide bonds. The van der Waals surface area contributed by atoms with Crippen LogP contribution in [0, 0.1) is 0 Å². The van der Waals surface area contributed by atoms with E-state index in [1.165, 1.54) is 0 Å². The zero-order valence-electron chi connectivity index (χ0n) is 20.4. The molecule has 9 nitrogen and oxygen atoms in total. The number of benzene rings is 3. The molecule has 0 bridgehead atoms. The fourth-order valence-corrected chi connectivity index (χ4v) is 4.12. The number of para-hydroxylation sites is 1. The molecule has 1 heterocycles. The summed E-state index contributed by atoms with van der Waals surface area (Å²) in [4.78, 5) is 41.8. The van der Waals surface area contributed by atoms with Gasteiger partial charge in [0.2, 0.25) is 6.17 Å². The first-order chi connectivity index (χ1) is 18.0. The second-order valence-electron chi connectivity index (χ2n) is 8.58. The number of nitrogens with zero attached hydrogens (tertiary/aromatic N) is 2. The van der Waals surface area contributed by atoms with Gasteiger partial charge in [-0.25, -0.2) is 4.79 Å². The number of nitrogens with one attached hydrogen (secondary N) is 2. The molecule has 1 aliphatic heterocycles. The zero-order chi connectivity index (χ0) is 26.0. The van der Waals surface area contributed by atoms with E-state index in [-0.39, 0.29) is 13.2 Å². The Kier molecular flexibility index (Phi) is 8.85. The molecule has 1 atom stereocenters. The molecule has 0 spiro atoms. The largest absolute Gasteiger partial charge is 0.478 e. The Morgan fingerprint density at radius 3 is 2.16 bits per heavy atom. The van der Waals surface area contributed by atoms with Gasteiger partial charge in [0.25, 0.3) is 11.8 Å². The van der Waals surface area contributed by atoms with Crippen molar-refractivity contribution in [1.29, 1.82) is 0 Å². The topological polar surface area (TPSA) is 111 Å². The fourth-order valence-electron chi connectivity index (χ4n) is 4.12. The normalized spacial score (nSPS) is 14.0. The van der Waals surface area contributed by atoms with Gasteiger partial charge in [0.1, 0.15) is 6.61 Å². The quantitative estimate of drug-likeness (QED) is 0.365. The van der Waals surface area contributed by atoms with Crippen molar-refractivity contribution < 1.29 is 24.2 Å². The smallest absolute Gasteiger partial charge is 0.347 e. The molecule has 1 aliphatic rings. The zero-order valence-corrected chi connectivity index (χ0v) is 20.4. The summed E-state index contributed by atoms with van der Waals surface area (Å²) in [5, 5.41) is 15.8. The summed E-state index contributed by atoms with van der Waals surface area (Å²) in [6, 6.07) is 24.7. The number of aliphatic carboxylic acids is 1. The standard InChI is InChI=1S/C28H30N4O5/c33-25(20-37-19-21-7-3-1-4-8-21)32(24-9-5-2-6-10-24)26(28(35)36)30-27(34)22-11-13-23(14-12-22)31-17-15-29-16-18-31/h1-14,26,29H,15-20H2,(H,30,34)(H,35,36)/t26-/m1/s1. The minimum atomic E-state index is -1.63. The van der Waals surface area contributed by atoms with E-state index >= 15 is 0 Å². The molecular formula is C28H30N4O5. The van der Waals surface area contributed by atoms with Gasteiger partial charge in [-0.1, -0.05) is 48.5 Å². The SMILES string of the molecule is O=C(N[C@@H](C(=O)O)N(C(=O)COCc1ccccc1)c1ccccc1)c1ccc(N2CCNCC2)cc1. The highest BCUT2D eigenvalue weighted by molar-refractivity contribution is 6.03. The molecule has 3 N–H and O–H groups in total. The Morgan fingerprint density at radius 2 is 1.54 bits per heavy atom. The van der Waals surface area contributed by atoms with Crippen LogP contribution in [-0.4, -0.2) is 61.8 Å². The Hall–Kier alpha value is -4.21. The lowest BCUT2D eigenvalue weighted by molar-refractivity contribution is -0.141. The molecule has 3 aromatic rings. The van der Waals surface area contributed by atoms with Gasteiger partial charge in [-0.3, -0.25) is 14.5 Å². The van der Waals surface area contributed by atoms with Crippen LogP contribution in [0.1, 0.15) is 15.9 Å². The van der Waals surface area contributed by atoms with Gasteiger partial charge in [0, 0.05) is 43.1 Å². The maximum Gasteiger partial charge on any atom is 0.347 e. The van der Waals surface area contributed by atoms with E-state index < -0.39 is 23.9 Å². The average molecular weight is 503 g/mol. The second kappa shape index (κ2) is 12.7. The molecule has 0 radical (unpaired) electrons. The highest BCUT2D eigenvalue weighted by Gasteiger charge is 2.33. The molecule has 0 aliphatic carbocycles. The third kappa shape index (κ3) is 6.93. The monoisotopic (exact) mass is 502 g/mol. The van der Waals surface area contributed by atoms with Crippen molar-refractivity contribution in [3.8, 4) is 0 Å². The minimum Gasteiger partial charge on any atom is -0.478 e. The summed E-state index contributed by atoms with van der Waals surface area (Å²) < 4.78 is 5.57. The molecule has 192 valence electrons. The summed E-state index contributed by atoms with van der Waals surface area (Å²) in [6.45, 7) is 3.35. The van der Waals surface area contributed by atoms with E-state index in [4.69, 9.17) is 4.74 Å². The maximum atomic E-state index is 13.2. The second-order valence-corrected chi connectivity index (χ2v) is 8.58. The van der Waals surface area contributed by atoms with E-state index in [1.807, 2.05) is 42.5 Å². The van der Waals surface area contributed by atoms with Crippen LogP contribution in [0.2, 0.25) is 0 Å². The first kappa shape index (κ1) is 25.9. The Labute approximate surface area is 215 Å². The lowest BCUT2D eigenvalue weighted by atomic mass is 10.1. The van der Waals surface area contributed by atoms with Crippen molar-refractivity contribution in [2.45, 2.75) is 12.8 Å². The van der Waals surface area contributed by atoms with Gasteiger partial charge in [-0.05, 0) is 42.0 Å². The maximum absolute atomic E-state index is 13.2. The molecule has 0 saturated carbocycles. The van der Waals surface area contributed by atoms with Gasteiger partial charge in [-0.2, -0.15) is 0 Å². The van der Waals surface area contributed by atoms with Crippen molar-refractivity contribution in [2.24, 2.45) is 0 Å². The molecule has 3 aromatic carbocycles. The van der Waals surface area contributed by atoms with Crippen LogP contribution < -0.4 is 20.4 Å². The van der Waals surface area contributed by atoms with E-state index in [0.29, 0.717) is 11.3 Å². The summed E-state index contributed by atoms with van der Waals surface area (Å²) >= 11 is 0. The minimum absolute atomic E-state index is 0.193. The predicted octanol–water partition coefficient (Wildman–Crippen LogP) is 2.49. The van der Waals surface area contributed by atoms with Crippen LogP contribution in [0.3, 0.4) is 0 Å². The Bertz CT molecular complexity index is 1180. The molecule has 0 unspecified atom stereocenters. The number of hydrogen-bond donors (Lipinski definition) is 3. The number of amides is 2. The molecule has 9 heteroatoms. The van der Waals surface area contributed by atoms with Crippen LogP contribution >= 0.6 is 0 Å². The predicted molar refractivity (Wildman–Crippen MR) is 140 cm³/mol. The molecule has 1 fully saturated rings. The highest BCUT2D eigenvalue weighted by Crippen LogP contribution is 2.19. The van der Waals surface area contributed by atoms with Gasteiger partial charge < -0.3 is 25.4 Å². The lowest BCUT2D eigenvalue weighted by Crippen LogP contribution is -2.56. The highest BCUT2D eigenvalue weighted by atomic mass is 16.5. The summed E-state index contributed by atoms with van der Waals surface area (Å²) in [6.07, 6.45) is -1.63. The van der Waals surface area contributed by atoms with E-state index in [2.05, 4.69) is 15.5 Å². The van der Waals surface area contributed by atoms with Crippen LogP contribution in [0.15, 0.2) is 84.9 Å². The van der Waals surface area contributed by atoms with Gasteiger partial charge in [0.05, 0.1) is 6.61 Å². The average Bonchev–Trinajstić information content (AvgIpc) is 2.94. The first-order valence-electron chi connectivity index (χ1n) is 12.1. The number of carbonyl (C=O) groups is 3. The Balaban J connectivity index is 1.48. The molecule has 4 rings (SSSR count). The number of ether oxygens (including phenoxy) is 1. The molecule has 0 aromatic heterocycles. The van der Waals surface area contributed by atoms with Gasteiger partial charge in [-0.15, -0.1) is 0 Å². The first-order valence-corrected chi connectivity index (χ1v) is 12.1. The summed E-state index contributed by atoms with van der Waals surface area (Å²) in [7, 11) is 0. The van der Waals surface area contributed by atoms with Crippen molar-refractivity contribution in [3.05, 3.63) is 96.1 Å². The third-order valence-electron chi connectivity index (χ3n) is 6.01. The van der Waals surface area contributed by atoms with Crippen molar-refractivity contribution in [1.82, 2.24) is 10.6 Å². The van der Waals surface area contributed by atoms with E-state index in [0.717, 1.165) is 42.3 Å². The molecular weight excluding hydrogens is 472 g/mol.